The quantitative estimate of drug-likeness (QED) is 0.189. The van der Waals surface area contributed by atoms with Gasteiger partial charge in [0.25, 0.3) is 0 Å². The molecule has 2 heterocycles. The van der Waals surface area contributed by atoms with E-state index in [0.717, 1.165) is 56.5 Å². The monoisotopic (exact) mass is 634 g/mol. The maximum Gasteiger partial charge on any atom is 0.0719 e. The van der Waals surface area contributed by atoms with Gasteiger partial charge in [-0.15, -0.1) is 25.3 Å². The highest BCUT2D eigenvalue weighted by molar-refractivity contribution is 7.80. The Bertz CT molecular complexity index is 1520. The van der Waals surface area contributed by atoms with Crippen molar-refractivity contribution in [2.75, 3.05) is 0 Å². The SMILES string of the molecule is CC1(Cc2cc(-c3ccccc3S)nc(C(C)(C)c3cc(CC4(C)CCCCC4)cc(-c4ccccc4S)n3)c2)CCCCC1. The number of rotatable bonds is 8. The lowest BCUT2D eigenvalue weighted by Gasteiger charge is -2.35. The lowest BCUT2D eigenvalue weighted by Crippen LogP contribution is -2.26. The third kappa shape index (κ3) is 7.38. The molecular weight excluding hydrogens is 585 g/mol. The summed E-state index contributed by atoms with van der Waals surface area (Å²) in [5, 5.41) is 0. The number of pyridine rings is 2. The summed E-state index contributed by atoms with van der Waals surface area (Å²) in [4.78, 5) is 12.7. The number of hydrogen-bond acceptors (Lipinski definition) is 4. The summed E-state index contributed by atoms with van der Waals surface area (Å²) in [6.07, 6.45) is 15.4. The molecule has 2 aliphatic carbocycles. The van der Waals surface area contributed by atoms with Crippen molar-refractivity contribution in [1.82, 2.24) is 9.97 Å². The van der Waals surface area contributed by atoms with Crippen molar-refractivity contribution in [2.45, 2.75) is 120 Å². The van der Waals surface area contributed by atoms with Gasteiger partial charge in [-0.2, -0.15) is 0 Å². The van der Waals surface area contributed by atoms with Crippen LogP contribution in [-0.2, 0) is 18.3 Å². The van der Waals surface area contributed by atoms with Gasteiger partial charge in [0, 0.05) is 26.3 Å². The number of thiol groups is 2. The third-order valence-corrected chi connectivity index (χ3v) is 11.6. The van der Waals surface area contributed by atoms with Gasteiger partial charge in [0.2, 0.25) is 0 Å². The Morgan fingerprint density at radius 2 is 0.956 bits per heavy atom. The van der Waals surface area contributed by atoms with Gasteiger partial charge in [-0.3, -0.25) is 9.97 Å². The Labute approximate surface area is 282 Å². The summed E-state index contributed by atoms with van der Waals surface area (Å²) in [6, 6.07) is 26.1. The summed E-state index contributed by atoms with van der Waals surface area (Å²) in [7, 11) is 0. The minimum absolute atomic E-state index is 0.329. The summed E-state index contributed by atoms with van der Waals surface area (Å²) in [5.74, 6) is 0. The van der Waals surface area contributed by atoms with Crippen molar-refractivity contribution in [3.63, 3.8) is 0 Å². The summed E-state index contributed by atoms with van der Waals surface area (Å²) in [6.45, 7) is 9.59. The molecule has 2 aromatic heterocycles. The number of benzene rings is 2. The lowest BCUT2D eigenvalue weighted by atomic mass is 9.71. The first kappa shape index (κ1) is 32.4. The first-order valence-electron chi connectivity index (χ1n) is 17.1. The van der Waals surface area contributed by atoms with Crippen LogP contribution in [0.3, 0.4) is 0 Å². The second-order valence-electron chi connectivity index (χ2n) is 15.2. The van der Waals surface area contributed by atoms with E-state index in [-0.39, 0.29) is 0 Å². The van der Waals surface area contributed by atoms with Crippen LogP contribution in [0.5, 0.6) is 0 Å². The minimum atomic E-state index is -0.409. The van der Waals surface area contributed by atoms with Gasteiger partial charge >= 0.3 is 0 Å². The maximum atomic E-state index is 5.40. The maximum absolute atomic E-state index is 5.40. The van der Waals surface area contributed by atoms with E-state index in [4.69, 9.17) is 35.2 Å². The Morgan fingerprint density at radius 1 is 0.578 bits per heavy atom. The zero-order valence-corrected chi connectivity index (χ0v) is 29.5. The molecule has 4 heteroatoms. The Hall–Kier alpha value is -2.56. The van der Waals surface area contributed by atoms with Crippen molar-refractivity contribution < 1.29 is 0 Å². The predicted octanol–water partition coefficient (Wildman–Crippen LogP) is 11.7. The van der Waals surface area contributed by atoms with Crippen molar-refractivity contribution in [3.05, 3.63) is 95.3 Å². The van der Waals surface area contributed by atoms with Crippen LogP contribution in [0.4, 0.5) is 0 Å². The van der Waals surface area contributed by atoms with Crippen LogP contribution in [0, 0.1) is 10.8 Å². The molecule has 2 aliphatic rings. The molecule has 0 bridgehead atoms. The van der Waals surface area contributed by atoms with E-state index in [1.54, 1.807) is 0 Å². The second kappa shape index (κ2) is 13.3. The average Bonchev–Trinajstić information content (AvgIpc) is 3.01. The van der Waals surface area contributed by atoms with Gasteiger partial charge in [-0.05, 0) is 111 Å². The molecule has 0 radical (unpaired) electrons. The largest absolute Gasteiger partial charge is 0.252 e. The highest BCUT2D eigenvalue weighted by Crippen LogP contribution is 2.43. The number of hydrogen-bond donors (Lipinski definition) is 2. The molecule has 2 fully saturated rings. The fourth-order valence-corrected chi connectivity index (χ4v) is 8.51. The van der Waals surface area contributed by atoms with Crippen molar-refractivity contribution in [2.24, 2.45) is 10.8 Å². The predicted molar refractivity (Wildman–Crippen MR) is 196 cm³/mol. The average molecular weight is 635 g/mol. The van der Waals surface area contributed by atoms with Gasteiger partial charge in [-0.25, -0.2) is 0 Å². The molecule has 4 aromatic rings. The fourth-order valence-electron chi connectivity index (χ4n) is 7.96. The molecule has 236 valence electrons. The molecule has 2 saturated carbocycles. The fraction of sp³-hybridized carbons (Fsp3) is 0.463. The van der Waals surface area contributed by atoms with E-state index in [2.05, 4.69) is 88.4 Å². The second-order valence-corrected chi connectivity index (χ2v) is 16.2. The van der Waals surface area contributed by atoms with Crippen LogP contribution in [-0.4, -0.2) is 9.97 Å². The zero-order chi connectivity index (χ0) is 31.7. The van der Waals surface area contributed by atoms with Crippen LogP contribution >= 0.6 is 25.3 Å². The van der Waals surface area contributed by atoms with Gasteiger partial charge < -0.3 is 0 Å². The molecule has 0 aliphatic heterocycles. The molecule has 2 nitrogen and oxygen atoms in total. The van der Waals surface area contributed by atoms with Gasteiger partial charge in [-0.1, -0.05) is 88.8 Å². The lowest BCUT2D eigenvalue weighted by molar-refractivity contribution is 0.214. The highest BCUT2D eigenvalue weighted by atomic mass is 32.1. The topological polar surface area (TPSA) is 25.8 Å². The molecule has 0 atom stereocenters. The van der Waals surface area contributed by atoms with Crippen LogP contribution in [0.2, 0.25) is 0 Å². The molecule has 6 rings (SSSR count). The van der Waals surface area contributed by atoms with Crippen LogP contribution in [0.15, 0.2) is 82.6 Å². The Kier molecular flexibility index (Phi) is 9.56. The molecule has 0 amide bonds. The van der Waals surface area contributed by atoms with E-state index in [1.807, 2.05) is 12.1 Å². The minimum Gasteiger partial charge on any atom is -0.252 e. The van der Waals surface area contributed by atoms with E-state index < -0.39 is 5.41 Å². The first-order valence-corrected chi connectivity index (χ1v) is 18.0. The molecule has 0 unspecified atom stereocenters. The summed E-state index contributed by atoms with van der Waals surface area (Å²) >= 11 is 9.71. The molecule has 2 aromatic carbocycles. The van der Waals surface area contributed by atoms with Crippen molar-refractivity contribution in [3.8, 4) is 22.5 Å². The van der Waals surface area contributed by atoms with E-state index in [1.165, 1.54) is 75.3 Å². The summed E-state index contributed by atoms with van der Waals surface area (Å²) in [5.41, 5.74) is 9.33. The van der Waals surface area contributed by atoms with E-state index in [9.17, 15) is 0 Å². The highest BCUT2D eigenvalue weighted by Gasteiger charge is 2.33. The summed E-state index contributed by atoms with van der Waals surface area (Å²) < 4.78 is 0. The smallest absolute Gasteiger partial charge is 0.0719 e. The molecule has 0 spiro atoms. The van der Waals surface area contributed by atoms with Gasteiger partial charge in [0.1, 0.15) is 0 Å². The number of aromatic nitrogens is 2. The van der Waals surface area contributed by atoms with Gasteiger partial charge in [0.05, 0.1) is 22.8 Å². The molecule has 45 heavy (non-hydrogen) atoms. The normalized spacial score (nSPS) is 18.1. The first-order chi connectivity index (χ1) is 21.5. The van der Waals surface area contributed by atoms with E-state index >= 15 is 0 Å². The standard InChI is InChI=1S/C41H50N2S2/c1-39(2,37-25-29(27-40(3)19-11-5-12-20-40)23-33(42-37)31-15-7-9-17-35(31)44)38-26-30(28-41(4)21-13-6-14-22-41)24-34(43-38)32-16-8-10-18-36(32)45/h7-10,15-18,23-26,44-45H,5-6,11-14,19-22,27-28H2,1-4H3. The van der Waals surface area contributed by atoms with Crippen LogP contribution in [0.1, 0.15) is 114 Å². The Morgan fingerprint density at radius 3 is 1.33 bits per heavy atom. The molecule has 0 N–H and O–H groups in total. The van der Waals surface area contributed by atoms with Gasteiger partial charge in [0.15, 0.2) is 0 Å². The van der Waals surface area contributed by atoms with Crippen LogP contribution in [0.25, 0.3) is 22.5 Å². The zero-order valence-electron chi connectivity index (χ0n) is 27.7. The molecular formula is C41H50N2S2. The molecule has 0 saturated heterocycles. The third-order valence-electron chi connectivity index (χ3n) is 10.8. The number of nitrogens with zero attached hydrogens (tertiary/aromatic N) is 2. The Balaban J connectivity index is 1.48. The van der Waals surface area contributed by atoms with Crippen molar-refractivity contribution >= 4 is 25.3 Å². The van der Waals surface area contributed by atoms with E-state index in [0.29, 0.717) is 10.8 Å². The van der Waals surface area contributed by atoms with Crippen LogP contribution < -0.4 is 0 Å². The van der Waals surface area contributed by atoms with Crippen molar-refractivity contribution in [1.29, 1.82) is 0 Å².